The standard InChI is InChI=1S/C6H8O7.2ClH.3H3N/c7-3(8)1-6(13,5(11)12)2-4(9)10;;;;;/h13H,1-2H2,(H,7,8)(H,9,10)(H,11,12);2*1H;3*1H3. The topological polar surface area (TPSA) is 237 Å². The first-order chi connectivity index (χ1) is 5.78. The monoisotopic (exact) mass is 315 g/mol. The lowest BCUT2D eigenvalue weighted by atomic mass is 9.96. The average Bonchev–Trinajstić information content (AvgIpc) is 1.82. The lowest BCUT2D eigenvalue weighted by Gasteiger charge is -2.18. The molecule has 0 fully saturated rings. The van der Waals surface area contributed by atoms with Crippen molar-refractivity contribution in [2.45, 2.75) is 18.4 Å². The van der Waals surface area contributed by atoms with Crippen LogP contribution in [0.5, 0.6) is 0 Å². The van der Waals surface area contributed by atoms with E-state index in [0.717, 1.165) is 0 Å². The van der Waals surface area contributed by atoms with Gasteiger partial charge in [-0.2, -0.15) is 0 Å². The number of halogens is 2. The van der Waals surface area contributed by atoms with Crippen molar-refractivity contribution >= 4 is 42.7 Å². The first kappa shape index (κ1) is 36.0. The third kappa shape index (κ3) is 12.9. The summed E-state index contributed by atoms with van der Waals surface area (Å²) in [6.45, 7) is 0. The molecule has 0 spiro atoms. The van der Waals surface area contributed by atoms with Crippen molar-refractivity contribution in [3.63, 3.8) is 0 Å². The number of aliphatic hydroxyl groups is 1. The number of rotatable bonds is 5. The molecule has 0 saturated heterocycles. The first-order valence-electron chi connectivity index (χ1n) is 3.17. The van der Waals surface area contributed by atoms with Gasteiger partial charge >= 0.3 is 17.9 Å². The van der Waals surface area contributed by atoms with Crippen molar-refractivity contribution in [2.75, 3.05) is 0 Å². The maximum absolute atomic E-state index is 10.3. The van der Waals surface area contributed by atoms with Crippen LogP contribution in [0, 0.1) is 0 Å². The number of carbonyl (C=O) groups is 3. The highest BCUT2D eigenvalue weighted by atomic mass is 35.5. The van der Waals surface area contributed by atoms with Crippen molar-refractivity contribution in [2.24, 2.45) is 0 Å². The SMILES string of the molecule is Cl.Cl.N.N.N.O=C(O)CC(O)(CC(=O)O)C(=O)O. The van der Waals surface area contributed by atoms with Crippen LogP contribution in [-0.2, 0) is 14.4 Å². The molecule has 0 aliphatic carbocycles. The summed E-state index contributed by atoms with van der Waals surface area (Å²) < 4.78 is 0. The van der Waals surface area contributed by atoms with Gasteiger partial charge in [0.25, 0.3) is 0 Å². The van der Waals surface area contributed by atoms with Crippen LogP contribution in [0.1, 0.15) is 12.8 Å². The Bertz CT molecular complexity index is 248. The van der Waals surface area contributed by atoms with E-state index in [1.165, 1.54) is 0 Å². The minimum Gasteiger partial charge on any atom is -0.481 e. The molecular formula is C6H19Cl2N3O7. The van der Waals surface area contributed by atoms with Gasteiger partial charge in [-0.1, -0.05) is 0 Å². The minimum absolute atomic E-state index is 0. The van der Waals surface area contributed by atoms with E-state index in [1.54, 1.807) is 0 Å². The van der Waals surface area contributed by atoms with Crippen molar-refractivity contribution in [1.29, 1.82) is 0 Å². The van der Waals surface area contributed by atoms with Gasteiger partial charge in [0.2, 0.25) is 0 Å². The summed E-state index contributed by atoms with van der Waals surface area (Å²) in [6, 6.07) is 0. The predicted octanol–water partition coefficient (Wildman–Crippen LogP) is 0.0811. The molecule has 0 aliphatic rings. The van der Waals surface area contributed by atoms with E-state index < -0.39 is 36.4 Å². The second-order valence-electron chi connectivity index (χ2n) is 2.48. The summed E-state index contributed by atoms with van der Waals surface area (Å²) in [6.07, 6.45) is -2.29. The molecule has 0 rings (SSSR count). The van der Waals surface area contributed by atoms with E-state index in [1.807, 2.05) is 0 Å². The Kier molecular flexibility index (Phi) is 27.8. The molecule has 0 heterocycles. The van der Waals surface area contributed by atoms with Gasteiger partial charge in [0.15, 0.2) is 5.60 Å². The van der Waals surface area contributed by atoms with E-state index in [2.05, 4.69) is 0 Å². The molecule has 0 radical (unpaired) electrons. The summed E-state index contributed by atoms with van der Waals surface area (Å²) in [5.41, 5.74) is -2.74. The van der Waals surface area contributed by atoms with Crippen LogP contribution in [-0.4, -0.2) is 43.9 Å². The van der Waals surface area contributed by atoms with Gasteiger partial charge in [0.05, 0.1) is 12.8 Å². The molecule has 13 N–H and O–H groups in total. The molecule has 0 saturated carbocycles. The molecule has 12 heteroatoms. The number of carboxylic acids is 3. The van der Waals surface area contributed by atoms with Crippen LogP contribution in [0.4, 0.5) is 0 Å². The second-order valence-corrected chi connectivity index (χ2v) is 2.48. The van der Waals surface area contributed by atoms with E-state index >= 15 is 0 Å². The number of carboxylic acid groups (broad SMARTS) is 3. The van der Waals surface area contributed by atoms with E-state index in [4.69, 9.17) is 20.4 Å². The number of aliphatic carboxylic acids is 3. The largest absolute Gasteiger partial charge is 0.481 e. The highest BCUT2D eigenvalue weighted by Gasteiger charge is 2.40. The maximum Gasteiger partial charge on any atom is 0.336 e. The second kappa shape index (κ2) is 13.9. The smallest absolute Gasteiger partial charge is 0.336 e. The van der Waals surface area contributed by atoms with E-state index in [-0.39, 0.29) is 43.3 Å². The zero-order chi connectivity index (χ0) is 10.6. The Balaban J connectivity index is -0.0000000720. The van der Waals surface area contributed by atoms with Crippen LogP contribution in [0.25, 0.3) is 0 Å². The molecule has 114 valence electrons. The Labute approximate surface area is 115 Å². The van der Waals surface area contributed by atoms with Crippen LogP contribution >= 0.6 is 24.8 Å². The van der Waals surface area contributed by atoms with Gasteiger partial charge in [-0.15, -0.1) is 24.8 Å². The van der Waals surface area contributed by atoms with Crippen LogP contribution in [0.3, 0.4) is 0 Å². The van der Waals surface area contributed by atoms with E-state index in [0.29, 0.717) is 0 Å². The van der Waals surface area contributed by atoms with Crippen molar-refractivity contribution in [3.8, 4) is 0 Å². The minimum atomic E-state index is -2.74. The average molecular weight is 316 g/mol. The Morgan fingerprint density at radius 3 is 1.11 bits per heavy atom. The molecule has 10 nitrogen and oxygen atoms in total. The van der Waals surface area contributed by atoms with Crippen molar-refractivity contribution in [1.82, 2.24) is 18.5 Å². The molecule has 0 unspecified atom stereocenters. The maximum atomic E-state index is 10.3. The Morgan fingerprint density at radius 2 is 1.00 bits per heavy atom. The molecule has 0 aliphatic heterocycles. The fourth-order valence-electron chi connectivity index (χ4n) is 0.714. The summed E-state index contributed by atoms with van der Waals surface area (Å²) in [4.78, 5) is 30.5. The van der Waals surface area contributed by atoms with E-state index in [9.17, 15) is 14.4 Å². The third-order valence-electron chi connectivity index (χ3n) is 1.29. The Morgan fingerprint density at radius 1 is 0.778 bits per heavy atom. The number of hydrogen-bond acceptors (Lipinski definition) is 7. The zero-order valence-corrected chi connectivity index (χ0v) is 11.0. The fraction of sp³-hybridized carbons (Fsp3) is 0.500. The van der Waals surface area contributed by atoms with Gasteiger partial charge in [0, 0.05) is 0 Å². The fourth-order valence-corrected chi connectivity index (χ4v) is 0.714. The normalized spacial score (nSPS) is 7.83. The molecule has 18 heavy (non-hydrogen) atoms. The summed E-state index contributed by atoms with van der Waals surface area (Å²) in [5, 5.41) is 33.8. The van der Waals surface area contributed by atoms with Crippen molar-refractivity contribution < 1.29 is 34.8 Å². The summed E-state index contributed by atoms with van der Waals surface area (Å²) in [5.74, 6) is -5.02. The summed E-state index contributed by atoms with van der Waals surface area (Å²) in [7, 11) is 0. The molecule has 0 bridgehead atoms. The molecule has 0 aromatic heterocycles. The summed E-state index contributed by atoms with van der Waals surface area (Å²) >= 11 is 0. The lowest BCUT2D eigenvalue weighted by Crippen LogP contribution is -2.42. The van der Waals surface area contributed by atoms with Crippen molar-refractivity contribution in [3.05, 3.63) is 0 Å². The van der Waals surface area contributed by atoms with Gasteiger partial charge in [-0.3, -0.25) is 9.59 Å². The third-order valence-corrected chi connectivity index (χ3v) is 1.29. The molecular weight excluding hydrogens is 297 g/mol. The zero-order valence-electron chi connectivity index (χ0n) is 9.37. The predicted molar refractivity (Wildman–Crippen MR) is 66.7 cm³/mol. The molecule has 0 atom stereocenters. The lowest BCUT2D eigenvalue weighted by molar-refractivity contribution is -0.170. The van der Waals surface area contributed by atoms with Gasteiger partial charge in [-0.25, -0.2) is 4.79 Å². The van der Waals surface area contributed by atoms with Crippen LogP contribution < -0.4 is 18.5 Å². The molecule has 0 aromatic rings. The highest BCUT2D eigenvalue weighted by molar-refractivity contribution is 5.88. The molecule has 0 amide bonds. The van der Waals surface area contributed by atoms with Crippen LogP contribution in [0.2, 0.25) is 0 Å². The quantitative estimate of drug-likeness (QED) is 0.360. The van der Waals surface area contributed by atoms with Gasteiger partial charge in [-0.05, 0) is 0 Å². The number of hydrogen-bond donors (Lipinski definition) is 7. The van der Waals surface area contributed by atoms with Gasteiger partial charge in [0.1, 0.15) is 0 Å². The Hall–Kier alpha value is -1.17. The van der Waals surface area contributed by atoms with Crippen LogP contribution in [0.15, 0.2) is 0 Å². The first-order valence-corrected chi connectivity index (χ1v) is 3.17. The highest BCUT2D eigenvalue weighted by Crippen LogP contribution is 2.15. The molecule has 0 aromatic carbocycles. The van der Waals surface area contributed by atoms with Gasteiger partial charge < -0.3 is 38.9 Å².